The summed E-state index contributed by atoms with van der Waals surface area (Å²) in [6.07, 6.45) is 1.29. The number of nitrogen functional groups attached to an aromatic ring is 1. The first-order chi connectivity index (χ1) is 8.84. The van der Waals surface area contributed by atoms with Crippen molar-refractivity contribution in [3.63, 3.8) is 0 Å². The summed E-state index contributed by atoms with van der Waals surface area (Å²) in [6.45, 7) is 2.60. The Morgan fingerprint density at radius 3 is 2.53 bits per heavy atom. The number of aliphatic hydroxyl groups is 1. The molecule has 0 radical (unpaired) electrons. The van der Waals surface area contributed by atoms with Gasteiger partial charge in [-0.1, -0.05) is 6.08 Å². The third-order valence-corrected chi connectivity index (χ3v) is 4.23. The van der Waals surface area contributed by atoms with Crippen LogP contribution in [0.3, 0.4) is 0 Å². The smallest absolute Gasteiger partial charge is 0.246 e. The molecule has 0 amide bonds. The lowest BCUT2D eigenvalue weighted by Gasteiger charge is -2.20. The van der Waals surface area contributed by atoms with Crippen LogP contribution in [0, 0.1) is 11.6 Å². The molecular formula is C11H14F2N2O3S. The van der Waals surface area contributed by atoms with Crippen molar-refractivity contribution in [2.45, 2.75) is 4.90 Å². The minimum atomic E-state index is -4.21. The monoisotopic (exact) mass is 292 g/mol. The van der Waals surface area contributed by atoms with Crippen molar-refractivity contribution < 1.29 is 22.3 Å². The van der Waals surface area contributed by atoms with Crippen LogP contribution < -0.4 is 5.73 Å². The number of anilines is 1. The van der Waals surface area contributed by atoms with Crippen molar-refractivity contribution in [2.75, 3.05) is 25.4 Å². The van der Waals surface area contributed by atoms with Crippen LogP contribution in [0.4, 0.5) is 14.5 Å². The topological polar surface area (TPSA) is 83.6 Å². The maximum atomic E-state index is 13.6. The molecule has 0 aliphatic carbocycles. The summed E-state index contributed by atoms with van der Waals surface area (Å²) < 4.78 is 51.7. The van der Waals surface area contributed by atoms with Gasteiger partial charge in [0.25, 0.3) is 0 Å². The fourth-order valence-corrected chi connectivity index (χ4v) is 2.93. The molecule has 1 aromatic rings. The van der Waals surface area contributed by atoms with E-state index in [1.807, 2.05) is 0 Å². The third-order valence-electron chi connectivity index (χ3n) is 2.35. The first kappa shape index (κ1) is 15.5. The summed E-state index contributed by atoms with van der Waals surface area (Å²) in [4.78, 5) is -0.735. The predicted octanol–water partition coefficient (Wildman–Crippen LogP) is 0.716. The summed E-state index contributed by atoms with van der Waals surface area (Å²) >= 11 is 0. The molecule has 5 nitrogen and oxygen atoms in total. The van der Waals surface area contributed by atoms with Gasteiger partial charge in [0.05, 0.1) is 12.3 Å². The number of nitrogens with zero attached hydrogens (tertiary/aromatic N) is 1. The van der Waals surface area contributed by atoms with Gasteiger partial charge < -0.3 is 10.8 Å². The summed E-state index contributed by atoms with van der Waals surface area (Å²) in [5.74, 6) is -2.27. The van der Waals surface area contributed by atoms with E-state index >= 15 is 0 Å². The van der Waals surface area contributed by atoms with Gasteiger partial charge >= 0.3 is 0 Å². The minimum absolute atomic E-state index is 0.111. The molecule has 0 heterocycles. The summed E-state index contributed by atoms with van der Waals surface area (Å²) in [5, 5.41) is 8.82. The van der Waals surface area contributed by atoms with Crippen LogP contribution in [0.1, 0.15) is 0 Å². The molecule has 0 aromatic heterocycles. The maximum Gasteiger partial charge on any atom is 0.246 e. The van der Waals surface area contributed by atoms with Crippen molar-refractivity contribution in [2.24, 2.45) is 0 Å². The Balaban J connectivity index is 3.32. The van der Waals surface area contributed by atoms with Gasteiger partial charge in [-0.3, -0.25) is 0 Å². The lowest BCUT2D eigenvalue weighted by atomic mass is 10.3. The highest BCUT2D eigenvalue weighted by molar-refractivity contribution is 7.89. The second kappa shape index (κ2) is 6.09. The summed E-state index contributed by atoms with van der Waals surface area (Å²) in [7, 11) is -4.21. The zero-order chi connectivity index (χ0) is 14.6. The first-order valence-corrected chi connectivity index (χ1v) is 6.75. The highest BCUT2D eigenvalue weighted by Gasteiger charge is 2.27. The highest BCUT2D eigenvalue weighted by Crippen LogP contribution is 2.23. The number of hydrogen-bond donors (Lipinski definition) is 2. The van der Waals surface area contributed by atoms with Gasteiger partial charge in [-0.05, 0) is 6.07 Å². The van der Waals surface area contributed by atoms with Crippen LogP contribution in [0.15, 0.2) is 29.7 Å². The number of rotatable bonds is 6. The van der Waals surface area contributed by atoms with Crippen molar-refractivity contribution in [3.8, 4) is 0 Å². The quantitative estimate of drug-likeness (QED) is 0.597. The Morgan fingerprint density at radius 1 is 1.37 bits per heavy atom. The van der Waals surface area contributed by atoms with E-state index < -0.39 is 38.8 Å². The van der Waals surface area contributed by atoms with Crippen LogP contribution in [-0.4, -0.2) is 37.5 Å². The Labute approximate surface area is 110 Å². The summed E-state index contributed by atoms with van der Waals surface area (Å²) in [6, 6.07) is 1.13. The van der Waals surface area contributed by atoms with Crippen LogP contribution >= 0.6 is 0 Å². The van der Waals surface area contributed by atoms with E-state index in [9.17, 15) is 17.2 Å². The lowest BCUT2D eigenvalue weighted by Crippen LogP contribution is -2.34. The zero-order valence-corrected chi connectivity index (χ0v) is 10.8. The van der Waals surface area contributed by atoms with Crippen LogP contribution in [0.25, 0.3) is 0 Å². The van der Waals surface area contributed by atoms with Gasteiger partial charge in [0.15, 0.2) is 0 Å². The number of hydrogen-bond acceptors (Lipinski definition) is 4. The maximum absolute atomic E-state index is 13.6. The Hall–Kier alpha value is -1.51. The number of sulfonamides is 1. The van der Waals surface area contributed by atoms with Crippen molar-refractivity contribution >= 4 is 15.7 Å². The highest BCUT2D eigenvalue weighted by atomic mass is 32.2. The average molecular weight is 292 g/mol. The van der Waals surface area contributed by atoms with E-state index in [1.165, 1.54) is 6.08 Å². The second-order valence-electron chi connectivity index (χ2n) is 3.68. The molecule has 1 rings (SSSR count). The molecule has 0 spiro atoms. The normalized spacial score (nSPS) is 11.8. The molecule has 3 N–H and O–H groups in total. The van der Waals surface area contributed by atoms with Gasteiger partial charge in [-0.25, -0.2) is 17.2 Å². The molecule has 0 bridgehead atoms. The van der Waals surface area contributed by atoms with Crippen LogP contribution in [0.2, 0.25) is 0 Å². The number of nitrogens with two attached hydrogens (primary N) is 1. The second-order valence-corrected chi connectivity index (χ2v) is 5.59. The van der Waals surface area contributed by atoms with Crippen LogP contribution in [0.5, 0.6) is 0 Å². The molecule has 0 unspecified atom stereocenters. The molecule has 0 atom stereocenters. The van der Waals surface area contributed by atoms with Gasteiger partial charge in [-0.15, -0.1) is 6.58 Å². The standard InChI is InChI=1S/C11H14F2N2O3S/c1-2-3-15(4-5-16)19(17,18)11-7-10(14)8(12)6-9(11)13/h2,6-7,16H,1,3-5,14H2. The van der Waals surface area contributed by atoms with Gasteiger partial charge in [-0.2, -0.15) is 4.31 Å². The van der Waals surface area contributed by atoms with Crippen molar-refractivity contribution in [1.82, 2.24) is 4.31 Å². The number of halogens is 2. The molecule has 0 aliphatic rings. The SMILES string of the molecule is C=CCN(CCO)S(=O)(=O)c1cc(N)c(F)cc1F. The van der Waals surface area contributed by atoms with E-state index in [1.54, 1.807) is 0 Å². The van der Waals surface area contributed by atoms with Crippen molar-refractivity contribution in [1.29, 1.82) is 0 Å². The summed E-state index contributed by atoms with van der Waals surface area (Å²) in [5.41, 5.74) is 4.77. The van der Waals surface area contributed by atoms with Gasteiger partial charge in [0.1, 0.15) is 16.5 Å². The molecule has 0 saturated heterocycles. The fourth-order valence-electron chi connectivity index (χ4n) is 1.45. The van der Waals surface area contributed by atoms with E-state index in [0.717, 1.165) is 4.31 Å². The van der Waals surface area contributed by atoms with E-state index in [2.05, 4.69) is 6.58 Å². The molecule has 0 fully saturated rings. The largest absolute Gasteiger partial charge is 0.396 e. The molecule has 106 valence electrons. The minimum Gasteiger partial charge on any atom is -0.396 e. The van der Waals surface area contributed by atoms with E-state index in [4.69, 9.17) is 10.8 Å². The third kappa shape index (κ3) is 3.28. The molecule has 0 saturated carbocycles. The lowest BCUT2D eigenvalue weighted by molar-refractivity contribution is 0.260. The van der Waals surface area contributed by atoms with Crippen molar-refractivity contribution in [3.05, 3.63) is 36.4 Å². The van der Waals surface area contributed by atoms with Crippen LogP contribution in [-0.2, 0) is 10.0 Å². The molecule has 1 aromatic carbocycles. The number of benzene rings is 1. The number of aliphatic hydroxyl groups excluding tert-OH is 1. The fraction of sp³-hybridized carbons (Fsp3) is 0.273. The predicted molar refractivity (Wildman–Crippen MR) is 66.8 cm³/mol. The molecule has 19 heavy (non-hydrogen) atoms. The zero-order valence-electron chi connectivity index (χ0n) is 10.0. The molecule has 0 aliphatic heterocycles. The van der Waals surface area contributed by atoms with E-state index in [0.29, 0.717) is 12.1 Å². The molecule has 8 heteroatoms. The Morgan fingerprint density at radius 2 is 2.00 bits per heavy atom. The Bertz CT molecular complexity index is 576. The van der Waals surface area contributed by atoms with Gasteiger partial charge in [0, 0.05) is 19.2 Å². The first-order valence-electron chi connectivity index (χ1n) is 5.31. The average Bonchev–Trinajstić information content (AvgIpc) is 2.33. The van der Waals surface area contributed by atoms with Gasteiger partial charge in [0.2, 0.25) is 10.0 Å². The molecular weight excluding hydrogens is 278 g/mol. The van der Waals surface area contributed by atoms with E-state index in [-0.39, 0.29) is 13.1 Å². The Kier molecular flexibility index (Phi) is 4.98.